The summed E-state index contributed by atoms with van der Waals surface area (Å²) in [6.07, 6.45) is 2.40. The molecule has 3 fully saturated rings. The Hall–Kier alpha value is -3.85. The molecular weight excluding hydrogens is 590 g/mol. The number of carbonyl (C=O) groups is 1. The van der Waals surface area contributed by atoms with Crippen molar-refractivity contribution < 1.29 is 21.9 Å². The van der Waals surface area contributed by atoms with E-state index in [1.165, 1.54) is 10.2 Å². The van der Waals surface area contributed by atoms with E-state index in [-0.39, 0.29) is 28.4 Å². The predicted molar refractivity (Wildman–Crippen MR) is 167 cm³/mol. The van der Waals surface area contributed by atoms with Gasteiger partial charge in [-0.1, -0.05) is 17.7 Å². The van der Waals surface area contributed by atoms with Crippen molar-refractivity contribution in [3.63, 3.8) is 0 Å². The molecule has 5 heterocycles. The van der Waals surface area contributed by atoms with E-state index in [4.69, 9.17) is 13.7 Å². The van der Waals surface area contributed by atoms with Crippen LogP contribution in [0, 0.1) is 6.92 Å². The number of aromatic nitrogens is 3. The van der Waals surface area contributed by atoms with Gasteiger partial charge >= 0.3 is 0 Å². The molecule has 0 saturated carbocycles. The standard InChI is InChI=1S/C29H33N7O5S2/c1-20-3-9-25(10-4-20)43(38,39)36-13-11-26-27(30-23-12-18-42(19-23)40-41-42)32-29(33-28(26)36)31-22-5-7-24(8-6-22)35-16-14-34(15-17-35)21(2)37/h3-11,13,23H,12,14-19H2,1-2H3,(H2,30,31,32,33). The normalized spacial score (nSPS) is 20.4. The molecule has 0 radical (unpaired) electrons. The highest BCUT2D eigenvalue weighted by Gasteiger charge is 2.46. The van der Waals surface area contributed by atoms with Crippen LogP contribution in [0.5, 0.6) is 0 Å². The molecule has 3 aliphatic heterocycles. The fourth-order valence-corrected chi connectivity index (χ4v) is 9.13. The molecule has 2 N–H and O–H groups in total. The first kappa shape index (κ1) is 28.0. The minimum Gasteiger partial charge on any atom is -0.368 e. The summed E-state index contributed by atoms with van der Waals surface area (Å²) in [5.74, 6) is 2.54. The van der Waals surface area contributed by atoms with Crippen molar-refractivity contribution in [3.05, 3.63) is 66.4 Å². The number of carbonyl (C=O) groups excluding carboxylic acids is 1. The fraction of sp³-hybridized carbons (Fsp3) is 0.345. The molecule has 2 aromatic heterocycles. The Balaban J connectivity index is 1.19. The summed E-state index contributed by atoms with van der Waals surface area (Å²) in [4.78, 5) is 25.4. The van der Waals surface area contributed by atoms with Crippen molar-refractivity contribution >= 4 is 60.7 Å². The van der Waals surface area contributed by atoms with Crippen molar-refractivity contribution in [1.82, 2.24) is 18.8 Å². The van der Waals surface area contributed by atoms with Crippen molar-refractivity contribution in [2.75, 3.05) is 53.2 Å². The van der Waals surface area contributed by atoms with E-state index < -0.39 is 20.6 Å². The maximum Gasteiger partial charge on any atom is 0.269 e. The number of piperazine rings is 1. The number of rotatable bonds is 7. The number of nitrogens with zero attached hydrogens (tertiary/aromatic N) is 5. The quantitative estimate of drug-likeness (QED) is 0.228. The monoisotopic (exact) mass is 623 g/mol. The lowest BCUT2D eigenvalue weighted by Crippen LogP contribution is -2.48. The summed E-state index contributed by atoms with van der Waals surface area (Å²) in [6.45, 7) is 6.46. The molecular formula is C29H33N7O5S2. The molecule has 12 nitrogen and oxygen atoms in total. The number of benzene rings is 2. The average Bonchev–Trinajstić information content (AvgIpc) is 3.42. The zero-order valence-electron chi connectivity index (χ0n) is 23.9. The van der Waals surface area contributed by atoms with Crippen LogP contribution >= 0.6 is 10.6 Å². The van der Waals surface area contributed by atoms with Crippen LogP contribution in [0.3, 0.4) is 0 Å². The van der Waals surface area contributed by atoms with E-state index in [1.807, 2.05) is 36.1 Å². The summed E-state index contributed by atoms with van der Waals surface area (Å²) in [5.41, 5.74) is 3.08. The van der Waals surface area contributed by atoms with E-state index in [1.54, 1.807) is 37.3 Å². The number of hydrogen-bond donors (Lipinski definition) is 2. The smallest absolute Gasteiger partial charge is 0.269 e. The van der Waals surface area contributed by atoms with Crippen molar-refractivity contribution in [2.24, 2.45) is 0 Å². The van der Waals surface area contributed by atoms with Gasteiger partial charge in [-0.3, -0.25) is 4.79 Å². The lowest BCUT2D eigenvalue weighted by Gasteiger charge is -2.35. The molecule has 1 amide bonds. The summed E-state index contributed by atoms with van der Waals surface area (Å²) >= 11 is 0. The first-order valence-corrected chi connectivity index (χ1v) is 17.5. The molecule has 1 atom stereocenters. The van der Waals surface area contributed by atoms with Crippen LogP contribution in [-0.2, 0) is 23.5 Å². The Morgan fingerprint density at radius 2 is 1.70 bits per heavy atom. The minimum atomic E-state index is -3.90. The second-order valence-corrected chi connectivity index (χ2v) is 15.4. The first-order valence-electron chi connectivity index (χ1n) is 14.2. The first-order chi connectivity index (χ1) is 20.7. The van der Waals surface area contributed by atoms with Crippen LogP contribution in [0.1, 0.15) is 18.9 Å². The van der Waals surface area contributed by atoms with Gasteiger partial charge in [0.05, 0.1) is 16.0 Å². The van der Waals surface area contributed by atoms with Gasteiger partial charge in [0.2, 0.25) is 11.9 Å². The third-order valence-corrected chi connectivity index (χ3v) is 12.1. The zero-order chi connectivity index (χ0) is 29.8. The Morgan fingerprint density at radius 3 is 2.35 bits per heavy atom. The maximum atomic E-state index is 13.7. The molecule has 43 heavy (non-hydrogen) atoms. The fourth-order valence-electron chi connectivity index (χ4n) is 5.60. The lowest BCUT2D eigenvalue weighted by molar-refractivity contribution is -0.129. The third kappa shape index (κ3) is 5.51. The third-order valence-electron chi connectivity index (χ3n) is 8.14. The van der Waals surface area contributed by atoms with Crippen LogP contribution in [0.4, 0.5) is 23.1 Å². The molecule has 1 spiro atoms. The molecule has 1 unspecified atom stereocenters. The van der Waals surface area contributed by atoms with E-state index in [2.05, 4.69) is 20.5 Å². The number of aryl methyl sites for hydroxylation is 1. The van der Waals surface area contributed by atoms with Crippen LogP contribution in [0.2, 0.25) is 0 Å². The Morgan fingerprint density at radius 1 is 0.977 bits per heavy atom. The number of nitrogens with one attached hydrogen (secondary N) is 2. The number of anilines is 4. The highest BCUT2D eigenvalue weighted by molar-refractivity contribution is 8.29. The lowest BCUT2D eigenvalue weighted by atomic mass is 10.2. The second kappa shape index (κ2) is 10.7. The van der Waals surface area contributed by atoms with Gasteiger partial charge in [0.25, 0.3) is 10.0 Å². The van der Waals surface area contributed by atoms with Gasteiger partial charge in [0.15, 0.2) is 5.65 Å². The molecule has 0 aliphatic carbocycles. The van der Waals surface area contributed by atoms with Crippen molar-refractivity contribution in [1.29, 1.82) is 0 Å². The molecule has 3 saturated heterocycles. The van der Waals surface area contributed by atoms with Gasteiger partial charge in [0, 0.05) is 62.5 Å². The Bertz CT molecular complexity index is 1780. The van der Waals surface area contributed by atoms with E-state index in [0.717, 1.165) is 48.0 Å². The van der Waals surface area contributed by atoms with Gasteiger partial charge in [-0.2, -0.15) is 9.97 Å². The van der Waals surface area contributed by atoms with Crippen LogP contribution in [0.15, 0.2) is 65.7 Å². The van der Waals surface area contributed by atoms with Gasteiger partial charge < -0.3 is 20.4 Å². The Labute approximate surface area is 251 Å². The summed E-state index contributed by atoms with van der Waals surface area (Å²) in [7, 11) is -5.31. The highest BCUT2D eigenvalue weighted by atomic mass is 32.3. The summed E-state index contributed by atoms with van der Waals surface area (Å²) in [6, 6.07) is 16.5. The molecule has 2 aromatic carbocycles. The number of hydrogen-bond acceptors (Lipinski definition) is 10. The molecule has 14 heteroatoms. The van der Waals surface area contributed by atoms with E-state index in [9.17, 15) is 13.2 Å². The van der Waals surface area contributed by atoms with Crippen molar-refractivity contribution in [2.45, 2.75) is 31.2 Å². The molecule has 0 bridgehead atoms. The van der Waals surface area contributed by atoms with Gasteiger partial charge in [-0.25, -0.2) is 12.4 Å². The largest absolute Gasteiger partial charge is 0.368 e. The van der Waals surface area contributed by atoms with Crippen LogP contribution < -0.4 is 15.5 Å². The Kier molecular flexibility index (Phi) is 6.95. The maximum absolute atomic E-state index is 13.7. The minimum absolute atomic E-state index is 0.0864. The summed E-state index contributed by atoms with van der Waals surface area (Å²) in [5, 5.41) is 7.39. The molecule has 7 rings (SSSR count). The zero-order valence-corrected chi connectivity index (χ0v) is 25.5. The second-order valence-electron chi connectivity index (χ2n) is 11.1. The molecule has 226 valence electrons. The number of fused-ring (bicyclic) bond motifs is 1. The molecule has 4 aromatic rings. The van der Waals surface area contributed by atoms with Gasteiger partial charge in [-0.05, 0) is 55.8 Å². The van der Waals surface area contributed by atoms with Crippen LogP contribution in [0.25, 0.3) is 11.0 Å². The van der Waals surface area contributed by atoms with E-state index in [0.29, 0.717) is 24.3 Å². The highest BCUT2D eigenvalue weighted by Crippen LogP contribution is 2.69. The summed E-state index contributed by atoms with van der Waals surface area (Å²) < 4.78 is 39.2. The predicted octanol–water partition coefficient (Wildman–Crippen LogP) is 4.17. The van der Waals surface area contributed by atoms with E-state index >= 15 is 0 Å². The topological polar surface area (TPSA) is 138 Å². The van der Waals surface area contributed by atoms with Crippen molar-refractivity contribution in [3.8, 4) is 0 Å². The van der Waals surface area contributed by atoms with Gasteiger partial charge in [-0.15, -0.1) is 19.3 Å². The number of amides is 1. The average molecular weight is 624 g/mol. The van der Waals surface area contributed by atoms with Crippen LogP contribution in [-0.4, -0.2) is 76.9 Å². The van der Waals surface area contributed by atoms with Gasteiger partial charge in [0.1, 0.15) is 5.82 Å². The SMILES string of the molecule is CC(=O)N1CCN(c2ccc(Nc3nc(NC4CCS5(C4)OO5)c4ccn(S(=O)(=O)c5ccc(C)cc5)c4n3)cc2)CC1. The molecule has 3 aliphatic rings.